The number of carbonyl (C=O) groups excluding carboxylic acids is 3. The first-order chi connectivity index (χ1) is 11.3. The molecule has 2 rings (SSSR count). The van der Waals surface area contributed by atoms with E-state index in [0.717, 1.165) is 0 Å². The lowest BCUT2D eigenvalue weighted by Gasteiger charge is -2.34. The second-order valence-corrected chi connectivity index (χ2v) is 6.69. The predicted octanol–water partition coefficient (Wildman–Crippen LogP) is 1.40. The quantitative estimate of drug-likeness (QED) is 0.764. The van der Waals surface area contributed by atoms with Crippen molar-refractivity contribution in [2.24, 2.45) is 0 Å². The van der Waals surface area contributed by atoms with Crippen LogP contribution in [0.15, 0.2) is 22.7 Å². The fourth-order valence-electron chi connectivity index (χ4n) is 2.41. The molecule has 0 aliphatic carbocycles. The number of piperazine rings is 1. The maximum atomic E-state index is 13.3. The van der Waals surface area contributed by atoms with Crippen LogP contribution >= 0.6 is 15.9 Å². The smallest absolute Gasteiger partial charge is 0.312 e. The van der Waals surface area contributed by atoms with Crippen molar-refractivity contribution < 1.29 is 18.8 Å². The first-order valence-corrected chi connectivity index (χ1v) is 8.43. The molecule has 3 amide bonds. The Morgan fingerprint density at radius 3 is 2.29 bits per heavy atom. The van der Waals surface area contributed by atoms with Gasteiger partial charge in [0, 0.05) is 36.7 Å². The van der Waals surface area contributed by atoms with Crippen LogP contribution < -0.4 is 5.32 Å². The zero-order chi connectivity index (χ0) is 17.9. The largest absolute Gasteiger partial charge is 0.346 e. The van der Waals surface area contributed by atoms with E-state index in [0.29, 0.717) is 17.6 Å². The number of amides is 3. The van der Waals surface area contributed by atoms with Crippen LogP contribution in [0, 0.1) is 5.82 Å². The molecule has 1 aliphatic rings. The van der Waals surface area contributed by atoms with Gasteiger partial charge in [0.05, 0.1) is 5.56 Å². The van der Waals surface area contributed by atoms with E-state index in [1.165, 1.54) is 23.1 Å². The summed E-state index contributed by atoms with van der Waals surface area (Å²) in [6, 6.07) is 3.82. The van der Waals surface area contributed by atoms with E-state index in [1.807, 2.05) is 0 Å². The van der Waals surface area contributed by atoms with Crippen LogP contribution in [-0.4, -0.2) is 59.7 Å². The highest BCUT2D eigenvalue weighted by molar-refractivity contribution is 9.10. The number of carbonyl (C=O) groups is 3. The molecule has 1 saturated heterocycles. The molecule has 1 heterocycles. The lowest BCUT2D eigenvalue weighted by Crippen LogP contribution is -2.54. The Kier molecular flexibility index (Phi) is 5.93. The van der Waals surface area contributed by atoms with Gasteiger partial charge in [0.25, 0.3) is 5.91 Å². The van der Waals surface area contributed by atoms with Crippen molar-refractivity contribution in [3.63, 3.8) is 0 Å². The summed E-state index contributed by atoms with van der Waals surface area (Å²) >= 11 is 3.24. The monoisotopic (exact) mass is 399 g/mol. The average molecular weight is 400 g/mol. The Morgan fingerprint density at radius 1 is 1.12 bits per heavy atom. The first-order valence-electron chi connectivity index (χ1n) is 7.63. The third kappa shape index (κ3) is 4.31. The van der Waals surface area contributed by atoms with Gasteiger partial charge in [-0.25, -0.2) is 4.39 Å². The van der Waals surface area contributed by atoms with E-state index in [2.05, 4.69) is 21.2 Å². The van der Waals surface area contributed by atoms with E-state index >= 15 is 0 Å². The summed E-state index contributed by atoms with van der Waals surface area (Å²) in [5.74, 6) is -2.03. The van der Waals surface area contributed by atoms with Gasteiger partial charge in [-0.3, -0.25) is 14.4 Å². The van der Waals surface area contributed by atoms with Gasteiger partial charge in [-0.1, -0.05) is 0 Å². The van der Waals surface area contributed by atoms with Gasteiger partial charge in [0.15, 0.2) is 0 Å². The maximum absolute atomic E-state index is 13.3. The van der Waals surface area contributed by atoms with Crippen LogP contribution in [0.4, 0.5) is 4.39 Å². The number of hydrogen-bond acceptors (Lipinski definition) is 3. The molecule has 1 aromatic carbocycles. The Morgan fingerprint density at radius 2 is 1.71 bits per heavy atom. The molecule has 1 aliphatic heterocycles. The second kappa shape index (κ2) is 7.74. The fraction of sp³-hybridized carbons (Fsp3) is 0.438. The predicted molar refractivity (Wildman–Crippen MR) is 89.9 cm³/mol. The molecule has 1 N–H and O–H groups in total. The Balaban J connectivity index is 1.97. The number of nitrogens with zero attached hydrogens (tertiary/aromatic N) is 2. The van der Waals surface area contributed by atoms with Crippen LogP contribution in [-0.2, 0) is 9.59 Å². The second-order valence-electron chi connectivity index (χ2n) is 5.84. The highest BCUT2D eigenvalue weighted by atomic mass is 79.9. The van der Waals surface area contributed by atoms with Gasteiger partial charge < -0.3 is 15.1 Å². The van der Waals surface area contributed by atoms with Crippen LogP contribution in [0.25, 0.3) is 0 Å². The van der Waals surface area contributed by atoms with Crippen molar-refractivity contribution in [1.29, 1.82) is 0 Å². The average Bonchev–Trinajstić information content (AvgIpc) is 2.55. The summed E-state index contributed by atoms with van der Waals surface area (Å²) in [5.41, 5.74) is 0.243. The molecule has 0 spiro atoms. The van der Waals surface area contributed by atoms with E-state index in [-0.39, 0.29) is 30.6 Å². The van der Waals surface area contributed by atoms with Crippen LogP contribution in [0.2, 0.25) is 0 Å². The molecule has 130 valence electrons. The van der Waals surface area contributed by atoms with Crippen molar-refractivity contribution >= 4 is 33.7 Å². The van der Waals surface area contributed by atoms with Crippen molar-refractivity contribution in [1.82, 2.24) is 15.1 Å². The highest BCUT2D eigenvalue weighted by Crippen LogP contribution is 2.20. The van der Waals surface area contributed by atoms with Crippen LogP contribution in [0.3, 0.4) is 0 Å². The van der Waals surface area contributed by atoms with Gasteiger partial charge >= 0.3 is 11.8 Å². The van der Waals surface area contributed by atoms with E-state index in [1.54, 1.807) is 18.7 Å². The molecule has 0 bridgehead atoms. The highest BCUT2D eigenvalue weighted by Gasteiger charge is 2.29. The molecule has 0 unspecified atom stereocenters. The van der Waals surface area contributed by atoms with E-state index in [4.69, 9.17) is 0 Å². The molecule has 0 aromatic heterocycles. The van der Waals surface area contributed by atoms with E-state index < -0.39 is 17.6 Å². The van der Waals surface area contributed by atoms with Gasteiger partial charge in [0.1, 0.15) is 5.82 Å². The lowest BCUT2D eigenvalue weighted by atomic mass is 10.1. The van der Waals surface area contributed by atoms with Crippen molar-refractivity contribution in [3.8, 4) is 0 Å². The molecule has 0 atom stereocenters. The molecule has 24 heavy (non-hydrogen) atoms. The summed E-state index contributed by atoms with van der Waals surface area (Å²) < 4.78 is 13.9. The topological polar surface area (TPSA) is 69.7 Å². The standard InChI is InChI=1S/C16H19BrFN3O3/c1-10(2)19-14(22)16(24)21-7-5-20(6-8-21)15(23)12-9-11(18)3-4-13(12)17/h3-4,9-10H,5-8H2,1-2H3,(H,19,22). The minimum atomic E-state index is -0.641. The minimum absolute atomic E-state index is 0.116. The van der Waals surface area contributed by atoms with Crippen molar-refractivity contribution in [3.05, 3.63) is 34.1 Å². The third-order valence-electron chi connectivity index (χ3n) is 3.63. The molecule has 0 saturated carbocycles. The Labute approximate surface area is 148 Å². The van der Waals surface area contributed by atoms with Crippen LogP contribution in [0.1, 0.15) is 24.2 Å². The SMILES string of the molecule is CC(C)NC(=O)C(=O)N1CCN(C(=O)c2cc(F)ccc2Br)CC1. The van der Waals surface area contributed by atoms with E-state index in [9.17, 15) is 18.8 Å². The van der Waals surface area contributed by atoms with Crippen molar-refractivity contribution in [2.45, 2.75) is 19.9 Å². The Bertz CT molecular complexity index is 658. The zero-order valence-electron chi connectivity index (χ0n) is 13.5. The Hall–Kier alpha value is -1.96. The normalized spacial score (nSPS) is 14.7. The lowest BCUT2D eigenvalue weighted by molar-refractivity contribution is -0.147. The molecular weight excluding hydrogens is 381 g/mol. The molecular formula is C16H19BrFN3O3. The number of rotatable bonds is 2. The molecule has 1 fully saturated rings. The molecule has 1 aromatic rings. The van der Waals surface area contributed by atoms with Gasteiger partial charge in [-0.2, -0.15) is 0 Å². The summed E-state index contributed by atoms with van der Waals surface area (Å²) in [4.78, 5) is 39.2. The third-order valence-corrected chi connectivity index (χ3v) is 4.32. The minimum Gasteiger partial charge on any atom is -0.346 e. The number of nitrogens with one attached hydrogen (secondary N) is 1. The summed E-state index contributed by atoms with van der Waals surface area (Å²) in [7, 11) is 0. The maximum Gasteiger partial charge on any atom is 0.312 e. The summed E-state index contributed by atoms with van der Waals surface area (Å²) in [6.07, 6.45) is 0. The fourth-order valence-corrected chi connectivity index (χ4v) is 2.83. The van der Waals surface area contributed by atoms with Gasteiger partial charge in [-0.05, 0) is 48.0 Å². The molecule has 8 heteroatoms. The molecule has 0 radical (unpaired) electrons. The molecule has 6 nitrogen and oxygen atoms in total. The number of hydrogen-bond donors (Lipinski definition) is 1. The summed E-state index contributed by atoms with van der Waals surface area (Å²) in [5, 5.41) is 2.55. The summed E-state index contributed by atoms with van der Waals surface area (Å²) in [6.45, 7) is 4.67. The number of halogens is 2. The van der Waals surface area contributed by atoms with Gasteiger partial charge in [0.2, 0.25) is 0 Å². The van der Waals surface area contributed by atoms with Crippen molar-refractivity contribution in [2.75, 3.05) is 26.2 Å². The van der Waals surface area contributed by atoms with Gasteiger partial charge in [-0.15, -0.1) is 0 Å². The zero-order valence-corrected chi connectivity index (χ0v) is 15.1. The first kappa shape index (κ1) is 18.4. The number of benzene rings is 1. The van der Waals surface area contributed by atoms with Crippen LogP contribution in [0.5, 0.6) is 0 Å².